The van der Waals surface area contributed by atoms with Crippen LogP contribution >= 0.6 is 12.4 Å². The van der Waals surface area contributed by atoms with Gasteiger partial charge < -0.3 is 15.4 Å². The SMILES string of the molecule is CNCCCC(=O)Nc1ccc(OC)c(Cc2ccccc2)c1.Cl. The lowest BCUT2D eigenvalue weighted by molar-refractivity contribution is -0.116. The van der Waals surface area contributed by atoms with Crippen LogP contribution in [0.3, 0.4) is 0 Å². The number of halogens is 1. The smallest absolute Gasteiger partial charge is 0.224 e. The van der Waals surface area contributed by atoms with Gasteiger partial charge in [-0.2, -0.15) is 0 Å². The maximum atomic E-state index is 11.9. The summed E-state index contributed by atoms with van der Waals surface area (Å²) in [5.74, 6) is 0.873. The molecule has 130 valence electrons. The van der Waals surface area contributed by atoms with Crippen LogP contribution < -0.4 is 15.4 Å². The van der Waals surface area contributed by atoms with Gasteiger partial charge in [0.1, 0.15) is 5.75 Å². The number of methoxy groups -OCH3 is 1. The van der Waals surface area contributed by atoms with Crippen molar-refractivity contribution in [1.82, 2.24) is 5.32 Å². The number of rotatable bonds is 8. The van der Waals surface area contributed by atoms with Gasteiger partial charge in [-0.1, -0.05) is 30.3 Å². The molecule has 0 bridgehead atoms. The minimum Gasteiger partial charge on any atom is -0.496 e. The summed E-state index contributed by atoms with van der Waals surface area (Å²) in [7, 11) is 3.55. The molecule has 1 amide bonds. The lowest BCUT2D eigenvalue weighted by atomic mass is 10.0. The van der Waals surface area contributed by atoms with Crippen molar-refractivity contribution < 1.29 is 9.53 Å². The van der Waals surface area contributed by atoms with Crippen molar-refractivity contribution in [3.63, 3.8) is 0 Å². The highest BCUT2D eigenvalue weighted by atomic mass is 35.5. The molecule has 0 aromatic heterocycles. The Hall–Kier alpha value is -2.04. The normalized spacial score (nSPS) is 9.92. The fourth-order valence-electron chi connectivity index (χ4n) is 2.46. The van der Waals surface area contributed by atoms with Gasteiger partial charge in [-0.15, -0.1) is 12.4 Å². The standard InChI is InChI=1S/C19H24N2O2.ClH/c1-20-12-6-9-19(22)21-17-10-11-18(23-2)16(14-17)13-15-7-4-3-5-8-15;/h3-5,7-8,10-11,14,20H,6,9,12-13H2,1-2H3,(H,21,22);1H. The van der Waals surface area contributed by atoms with E-state index < -0.39 is 0 Å². The van der Waals surface area contributed by atoms with Crippen LogP contribution in [0.25, 0.3) is 0 Å². The summed E-state index contributed by atoms with van der Waals surface area (Å²) in [6.45, 7) is 0.843. The van der Waals surface area contributed by atoms with Gasteiger partial charge in [0, 0.05) is 24.1 Å². The van der Waals surface area contributed by atoms with Gasteiger partial charge in [0.05, 0.1) is 7.11 Å². The zero-order valence-corrected chi connectivity index (χ0v) is 15.0. The molecule has 0 saturated carbocycles. The van der Waals surface area contributed by atoms with Crippen LogP contribution in [-0.2, 0) is 11.2 Å². The molecule has 2 N–H and O–H groups in total. The minimum absolute atomic E-state index is 0. The van der Waals surface area contributed by atoms with Gasteiger partial charge in [-0.25, -0.2) is 0 Å². The van der Waals surface area contributed by atoms with E-state index in [-0.39, 0.29) is 18.3 Å². The molecular formula is C19H25ClN2O2. The number of benzene rings is 2. The van der Waals surface area contributed by atoms with Crippen LogP contribution in [0.1, 0.15) is 24.0 Å². The summed E-state index contributed by atoms with van der Waals surface area (Å²) in [4.78, 5) is 11.9. The van der Waals surface area contributed by atoms with Gasteiger partial charge in [0.25, 0.3) is 0 Å². The van der Waals surface area contributed by atoms with E-state index in [0.717, 1.165) is 36.4 Å². The predicted octanol–water partition coefficient (Wildman–Crippen LogP) is 3.65. The van der Waals surface area contributed by atoms with E-state index in [1.807, 2.05) is 43.4 Å². The number of hydrogen-bond acceptors (Lipinski definition) is 3. The zero-order valence-electron chi connectivity index (χ0n) is 14.2. The van der Waals surface area contributed by atoms with E-state index in [1.165, 1.54) is 5.56 Å². The highest BCUT2D eigenvalue weighted by Crippen LogP contribution is 2.25. The Morgan fingerprint density at radius 2 is 1.88 bits per heavy atom. The summed E-state index contributed by atoms with van der Waals surface area (Å²) in [5, 5.41) is 6.00. The second-order valence-corrected chi connectivity index (χ2v) is 5.44. The van der Waals surface area contributed by atoms with E-state index >= 15 is 0 Å². The molecule has 0 saturated heterocycles. The van der Waals surface area contributed by atoms with Crippen molar-refractivity contribution in [3.05, 3.63) is 59.7 Å². The second kappa shape index (κ2) is 10.7. The van der Waals surface area contributed by atoms with Gasteiger partial charge in [0.2, 0.25) is 5.91 Å². The lowest BCUT2D eigenvalue weighted by Gasteiger charge is -2.12. The van der Waals surface area contributed by atoms with Crippen LogP contribution in [0.4, 0.5) is 5.69 Å². The van der Waals surface area contributed by atoms with E-state index in [1.54, 1.807) is 7.11 Å². The summed E-state index contributed by atoms with van der Waals surface area (Å²) in [6.07, 6.45) is 2.11. The first-order chi connectivity index (χ1) is 11.2. The Kier molecular flexibility index (Phi) is 8.90. The first-order valence-corrected chi connectivity index (χ1v) is 7.88. The molecule has 0 fully saturated rings. The second-order valence-electron chi connectivity index (χ2n) is 5.44. The number of carbonyl (C=O) groups excluding carboxylic acids is 1. The number of hydrogen-bond donors (Lipinski definition) is 2. The van der Waals surface area contributed by atoms with Crippen molar-refractivity contribution >= 4 is 24.0 Å². The predicted molar refractivity (Wildman–Crippen MR) is 101 cm³/mol. The zero-order chi connectivity index (χ0) is 16.5. The Morgan fingerprint density at radius 1 is 1.12 bits per heavy atom. The maximum absolute atomic E-state index is 11.9. The molecule has 0 aliphatic rings. The van der Waals surface area contributed by atoms with E-state index in [0.29, 0.717) is 6.42 Å². The van der Waals surface area contributed by atoms with Crippen molar-refractivity contribution in [2.45, 2.75) is 19.3 Å². The number of amides is 1. The Labute approximate surface area is 150 Å². The van der Waals surface area contributed by atoms with Gasteiger partial charge in [0.15, 0.2) is 0 Å². The molecule has 0 atom stereocenters. The molecule has 4 nitrogen and oxygen atoms in total. The third-order valence-corrected chi connectivity index (χ3v) is 3.63. The van der Waals surface area contributed by atoms with Crippen LogP contribution in [0.15, 0.2) is 48.5 Å². The molecule has 5 heteroatoms. The molecule has 0 radical (unpaired) electrons. The monoisotopic (exact) mass is 348 g/mol. The van der Waals surface area contributed by atoms with Crippen molar-refractivity contribution in [2.24, 2.45) is 0 Å². The Bertz CT molecular complexity index is 633. The van der Waals surface area contributed by atoms with Crippen LogP contribution in [0, 0.1) is 0 Å². The summed E-state index contributed by atoms with van der Waals surface area (Å²) < 4.78 is 5.44. The molecule has 2 rings (SSSR count). The van der Waals surface area contributed by atoms with Crippen LogP contribution in [0.2, 0.25) is 0 Å². The van der Waals surface area contributed by atoms with Crippen molar-refractivity contribution in [2.75, 3.05) is 26.0 Å². The fourth-order valence-corrected chi connectivity index (χ4v) is 2.46. The highest BCUT2D eigenvalue weighted by Gasteiger charge is 2.08. The molecule has 0 heterocycles. The van der Waals surface area contributed by atoms with E-state index in [4.69, 9.17) is 4.74 Å². The third kappa shape index (κ3) is 6.22. The minimum atomic E-state index is 0. The lowest BCUT2D eigenvalue weighted by Crippen LogP contribution is -2.15. The first-order valence-electron chi connectivity index (χ1n) is 7.88. The Balaban J connectivity index is 0.00000288. The maximum Gasteiger partial charge on any atom is 0.224 e. The van der Waals surface area contributed by atoms with Crippen molar-refractivity contribution in [1.29, 1.82) is 0 Å². The van der Waals surface area contributed by atoms with E-state index in [9.17, 15) is 4.79 Å². The average molecular weight is 349 g/mol. The summed E-state index contributed by atoms with van der Waals surface area (Å²) >= 11 is 0. The molecular weight excluding hydrogens is 324 g/mol. The van der Waals surface area contributed by atoms with Gasteiger partial charge in [-0.05, 0) is 43.8 Å². The average Bonchev–Trinajstić information content (AvgIpc) is 2.56. The molecule has 0 aliphatic carbocycles. The Morgan fingerprint density at radius 3 is 2.54 bits per heavy atom. The molecule has 2 aromatic rings. The molecule has 24 heavy (non-hydrogen) atoms. The van der Waals surface area contributed by atoms with Crippen molar-refractivity contribution in [3.8, 4) is 5.75 Å². The van der Waals surface area contributed by atoms with Gasteiger partial charge >= 0.3 is 0 Å². The number of ether oxygens (including phenoxy) is 1. The number of nitrogens with one attached hydrogen (secondary N) is 2. The quantitative estimate of drug-likeness (QED) is 0.716. The molecule has 0 spiro atoms. The topological polar surface area (TPSA) is 50.4 Å². The molecule has 2 aromatic carbocycles. The summed E-state index contributed by atoms with van der Waals surface area (Å²) in [5.41, 5.74) is 3.08. The van der Waals surface area contributed by atoms with Crippen LogP contribution in [-0.4, -0.2) is 26.6 Å². The molecule has 0 unspecified atom stereocenters. The number of anilines is 1. The third-order valence-electron chi connectivity index (χ3n) is 3.63. The first kappa shape index (κ1) is 20.0. The van der Waals surface area contributed by atoms with Gasteiger partial charge in [-0.3, -0.25) is 4.79 Å². The summed E-state index contributed by atoms with van der Waals surface area (Å²) in [6, 6.07) is 16.0. The fraction of sp³-hybridized carbons (Fsp3) is 0.316. The molecule has 0 aliphatic heterocycles. The van der Waals surface area contributed by atoms with Crippen LogP contribution in [0.5, 0.6) is 5.75 Å². The largest absolute Gasteiger partial charge is 0.496 e. The number of carbonyl (C=O) groups is 1. The van der Waals surface area contributed by atoms with E-state index in [2.05, 4.69) is 22.8 Å². The highest BCUT2D eigenvalue weighted by molar-refractivity contribution is 5.90.